The molecule has 4 rings (SSSR count). The van der Waals surface area contributed by atoms with E-state index in [2.05, 4.69) is 49.7 Å². The van der Waals surface area contributed by atoms with Crippen LogP contribution in [0.1, 0.15) is 33.6 Å². The molecule has 2 aliphatic heterocycles. The number of nitrogens with one attached hydrogen (secondary N) is 2. The van der Waals surface area contributed by atoms with Crippen molar-refractivity contribution in [2.45, 2.75) is 51.3 Å². The second-order valence-electron chi connectivity index (χ2n) is 9.46. The fourth-order valence-electron chi connectivity index (χ4n) is 4.84. The average Bonchev–Trinajstić information content (AvgIpc) is 2.99. The smallest absolute Gasteiger partial charge is 0.408 e. The molecular formula is C22H32BrN3O3. The van der Waals surface area contributed by atoms with Gasteiger partial charge in [-0.2, -0.15) is 0 Å². The van der Waals surface area contributed by atoms with Crippen LogP contribution in [0.5, 0.6) is 0 Å². The van der Waals surface area contributed by atoms with E-state index in [0.29, 0.717) is 11.8 Å². The van der Waals surface area contributed by atoms with E-state index < -0.39 is 5.60 Å². The van der Waals surface area contributed by atoms with Gasteiger partial charge in [0.25, 0.3) is 0 Å². The molecule has 160 valence electrons. The Morgan fingerprint density at radius 1 is 1.38 bits per heavy atom. The zero-order chi connectivity index (χ0) is 20.6. The Hall–Kier alpha value is -1.31. The third-order valence-corrected chi connectivity index (χ3v) is 6.52. The molecule has 4 unspecified atom stereocenters. The fraction of sp³-hybridized carbons (Fsp3) is 0.682. The quantitative estimate of drug-likeness (QED) is 0.669. The predicted octanol–water partition coefficient (Wildman–Crippen LogP) is 3.31. The van der Waals surface area contributed by atoms with Gasteiger partial charge in [0.05, 0.1) is 25.3 Å². The molecule has 2 aliphatic carbocycles. The van der Waals surface area contributed by atoms with Crippen LogP contribution in [-0.4, -0.2) is 61.5 Å². The molecule has 1 saturated heterocycles. The third kappa shape index (κ3) is 5.06. The molecule has 1 amide bonds. The first kappa shape index (κ1) is 20.9. The number of nitrogens with zero attached hydrogens (tertiary/aromatic N) is 1. The van der Waals surface area contributed by atoms with Crippen LogP contribution in [0.3, 0.4) is 0 Å². The summed E-state index contributed by atoms with van der Waals surface area (Å²) in [5.41, 5.74) is 2.12. The molecule has 7 heteroatoms. The van der Waals surface area contributed by atoms with Crippen molar-refractivity contribution < 1.29 is 14.3 Å². The van der Waals surface area contributed by atoms with Gasteiger partial charge in [-0.15, -0.1) is 0 Å². The van der Waals surface area contributed by atoms with Gasteiger partial charge in [-0.3, -0.25) is 4.90 Å². The van der Waals surface area contributed by atoms with Crippen LogP contribution in [0.25, 0.3) is 0 Å². The maximum Gasteiger partial charge on any atom is 0.408 e. The summed E-state index contributed by atoms with van der Waals surface area (Å²) in [7, 11) is 0. The SMILES string of the molecule is CC(C)(C)OC(=O)NC1CC(CN2CCOCC2)CC2=C1NC1C=CC(Br)=CC21. The zero-order valence-corrected chi connectivity index (χ0v) is 19.1. The van der Waals surface area contributed by atoms with Gasteiger partial charge >= 0.3 is 6.09 Å². The molecule has 0 aromatic heterocycles. The van der Waals surface area contributed by atoms with Crippen molar-refractivity contribution in [3.8, 4) is 0 Å². The van der Waals surface area contributed by atoms with Crippen LogP contribution >= 0.6 is 15.9 Å². The number of amides is 1. The number of alkyl carbamates (subject to hydrolysis) is 1. The van der Waals surface area contributed by atoms with E-state index in [0.717, 1.165) is 50.2 Å². The monoisotopic (exact) mass is 465 g/mol. The second-order valence-corrected chi connectivity index (χ2v) is 10.4. The minimum absolute atomic E-state index is 0.0363. The van der Waals surface area contributed by atoms with Crippen molar-refractivity contribution in [2.24, 2.45) is 11.8 Å². The topological polar surface area (TPSA) is 62.8 Å². The first-order chi connectivity index (χ1) is 13.8. The van der Waals surface area contributed by atoms with Crippen LogP contribution in [0.2, 0.25) is 0 Å². The molecule has 6 nitrogen and oxygen atoms in total. The number of carbonyl (C=O) groups excluding carboxylic acids is 1. The first-order valence-electron chi connectivity index (χ1n) is 10.6. The number of fused-ring (bicyclic) bond motifs is 2. The fourth-order valence-corrected chi connectivity index (χ4v) is 5.28. The molecule has 0 radical (unpaired) electrons. The Morgan fingerprint density at radius 3 is 2.86 bits per heavy atom. The van der Waals surface area contributed by atoms with Crippen LogP contribution in [0.15, 0.2) is 34.0 Å². The number of rotatable bonds is 3. The summed E-state index contributed by atoms with van der Waals surface area (Å²) in [4.78, 5) is 15.0. The summed E-state index contributed by atoms with van der Waals surface area (Å²) in [6, 6.07) is 0.234. The third-order valence-electron chi connectivity index (χ3n) is 6.00. The Morgan fingerprint density at radius 2 is 2.14 bits per heavy atom. The van der Waals surface area contributed by atoms with E-state index in [1.807, 2.05) is 20.8 Å². The van der Waals surface area contributed by atoms with Crippen molar-refractivity contribution in [1.29, 1.82) is 0 Å². The lowest BCUT2D eigenvalue weighted by Gasteiger charge is -2.36. The van der Waals surface area contributed by atoms with E-state index >= 15 is 0 Å². The molecule has 29 heavy (non-hydrogen) atoms. The van der Waals surface area contributed by atoms with Crippen LogP contribution in [0.4, 0.5) is 4.79 Å². The minimum Gasteiger partial charge on any atom is -0.444 e. The number of hydrogen-bond acceptors (Lipinski definition) is 5. The van der Waals surface area contributed by atoms with Crippen molar-refractivity contribution in [1.82, 2.24) is 15.5 Å². The Kier molecular flexibility index (Phi) is 6.09. The molecule has 4 atom stereocenters. The number of halogens is 1. The molecule has 0 aromatic carbocycles. The van der Waals surface area contributed by atoms with Gasteiger partial charge in [0.15, 0.2) is 0 Å². The summed E-state index contributed by atoms with van der Waals surface area (Å²) in [6.45, 7) is 10.3. The van der Waals surface area contributed by atoms with Gasteiger partial charge in [0, 0.05) is 35.7 Å². The molecule has 0 saturated carbocycles. The Bertz CT molecular complexity index is 734. The number of hydrogen-bond donors (Lipinski definition) is 2. The average molecular weight is 466 g/mol. The van der Waals surface area contributed by atoms with E-state index in [4.69, 9.17) is 9.47 Å². The molecule has 0 bridgehead atoms. The molecule has 0 spiro atoms. The van der Waals surface area contributed by atoms with Gasteiger partial charge in [-0.05, 0) is 45.1 Å². The molecule has 0 aromatic rings. The molecule has 2 N–H and O–H groups in total. The number of ether oxygens (including phenoxy) is 2. The van der Waals surface area contributed by atoms with Crippen molar-refractivity contribution in [3.63, 3.8) is 0 Å². The van der Waals surface area contributed by atoms with Crippen molar-refractivity contribution in [3.05, 3.63) is 34.0 Å². The maximum absolute atomic E-state index is 12.5. The largest absolute Gasteiger partial charge is 0.444 e. The highest BCUT2D eigenvalue weighted by molar-refractivity contribution is 9.11. The summed E-state index contributed by atoms with van der Waals surface area (Å²) < 4.78 is 12.2. The van der Waals surface area contributed by atoms with Gasteiger partial charge in [0.1, 0.15) is 5.60 Å². The van der Waals surface area contributed by atoms with Crippen LogP contribution in [0, 0.1) is 11.8 Å². The maximum atomic E-state index is 12.5. The van der Waals surface area contributed by atoms with E-state index in [-0.39, 0.29) is 18.2 Å². The highest BCUT2D eigenvalue weighted by atomic mass is 79.9. The zero-order valence-electron chi connectivity index (χ0n) is 17.5. The predicted molar refractivity (Wildman–Crippen MR) is 117 cm³/mol. The van der Waals surface area contributed by atoms with Gasteiger partial charge in [0.2, 0.25) is 0 Å². The van der Waals surface area contributed by atoms with E-state index in [1.165, 1.54) is 11.3 Å². The van der Waals surface area contributed by atoms with E-state index in [9.17, 15) is 4.79 Å². The molecule has 4 aliphatic rings. The normalized spacial score (nSPS) is 32.2. The standard InChI is InChI=1S/C22H32BrN3O3/c1-22(2,3)29-21(27)25-19-11-14(13-26-6-8-28-9-7-26)10-17-16-12-15(23)4-5-18(16)24-20(17)19/h4-5,12,14,16,18-19,24H,6-11,13H2,1-3H3,(H,25,27). The highest BCUT2D eigenvalue weighted by Gasteiger charge is 2.42. The molecular weight excluding hydrogens is 434 g/mol. The number of carbonyl (C=O) groups is 1. The number of allylic oxidation sites excluding steroid dienone is 2. The minimum atomic E-state index is -0.503. The summed E-state index contributed by atoms with van der Waals surface area (Å²) >= 11 is 3.64. The highest BCUT2D eigenvalue weighted by Crippen LogP contribution is 2.42. The summed E-state index contributed by atoms with van der Waals surface area (Å²) in [6.07, 6.45) is 8.27. The lowest BCUT2D eigenvalue weighted by molar-refractivity contribution is 0.0283. The lowest BCUT2D eigenvalue weighted by atomic mass is 9.78. The van der Waals surface area contributed by atoms with Crippen molar-refractivity contribution >= 4 is 22.0 Å². The Labute approximate surface area is 181 Å². The van der Waals surface area contributed by atoms with Crippen molar-refractivity contribution in [2.75, 3.05) is 32.8 Å². The lowest BCUT2D eigenvalue weighted by Crippen LogP contribution is -2.47. The molecule has 2 heterocycles. The van der Waals surface area contributed by atoms with Gasteiger partial charge in [-0.25, -0.2) is 4.79 Å². The van der Waals surface area contributed by atoms with Gasteiger partial charge in [-0.1, -0.05) is 34.2 Å². The van der Waals surface area contributed by atoms with Crippen LogP contribution < -0.4 is 10.6 Å². The number of morpholine rings is 1. The van der Waals surface area contributed by atoms with Gasteiger partial charge < -0.3 is 20.1 Å². The first-order valence-corrected chi connectivity index (χ1v) is 11.4. The van der Waals surface area contributed by atoms with E-state index in [1.54, 1.807) is 0 Å². The second kappa shape index (κ2) is 8.44. The Balaban J connectivity index is 1.52. The summed E-state index contributed by atoms with van der Waals surface area (Å²) in [5.74, 6) is 0.852. The van der Waals surface area contributed by atoms with Crippen LogP contribution in [-0.2, 0) is 9.47 Å². The molecule has 1 fully saturated rings. The summed E-state index contributed by atoms with van der Waals surface area (Å²) in [5, 5.41) is 6.84.